The maximum atomic E-state index is 12.3. The zero-order chi connectivity index (χ0) is 14.9. The summed E-state index contributed by atoms with van der Waals surface area (Å²) in [4.78, 5) is 24.1. The van der Waals surface area contributed by atoms with Gasteiger partial charge in [-0.1, -0.05) is 6.07 Å². The maximum absolute atomic E-state index is 12.3. The Morgan fingerprint density at radius 3 is 2.57 bits per heavy atom. The van der Waals surface area contributed by atoms with Crippen molar-refractivity contribution >= 4 is 23.2 Å². The summed E-state index contributed by atoms with van der Waals surface area (Å²) in [5.74, 6) is 0.273. The van der Waals surface area contributed by atoms with E-state index in [1.807, 2.05) is 31.2 Å². The van der Waals surface area contributed by atoms with Gasteiger partial charge >= 0.3 is 0 Å². The topological polar surface area (TPSA) is 70.2 Å². The van der Waals surface area contributed by atoms with E-state index >= 15 is 0 Å². The summed E-state index contributed by atoms with van der Waals surface area (Å²) in [5.41, 5.74) is 1.11. The Morgan fingerprint density at radius 1 is 1.24 bits per heavy atom. The molecule has 21 heavy (non-hydrogen) atoms. The molecule has 1 aromatic rings. The zero-order valence-corrected chi connectivity index (χ0v) is 12.2. The molecule has 2 aliphatic rings. The molecule has 1 aliphatic carbocycles. The highest BCUT2D eigenvalue weighted by molar-refractivity contribution is 5.97. The van der Waals surface area contributed by atoms with Crippen LogP contribution in [0.15, 0.2) is 24.3 Å². The summed E-state index contributed by atoms with van der Waals surface area (Å²) in [7, 11) is 0. The number of amides is 2. The Kier molecular flexibility index (Phi) is 3.68. The molecule has 1 aromatic carbocycles. The van der Waals surface area contributed by atoms with E-state index in [9.17, 15) is 9.59 Å². The third kappa shape index (κ3) is 3.24. The first kappa shape index (κ1) is 14.1. The molecule has 5 nitrogen and oxygen atoms in total. The molecule has 0 radical (unpaired) electrons. The summed E-state index contributed by atoms with van der Waals surface area (Å²) in [6.07, 6.45) is 2.80. The molecule has 1 atom stereocenters. The van der Waals surface area contributed by atoms with Crippen molar-refractivity contribution in [2.75, 3.05) is 23.7 Å². The van der Waals surface area contributed by atoms with Gasteiger partial charge in [-0.3, -0.25) is 9.59 Å². The number of anilines is 2. The first-order valence-electron chi connectivity index (χ1n) is 7.50. The smallest absolute Gasteiger partial charge is 0.231 e. The van der Waals surface area contributed by atoms with Gasteiger partial charge in [-0.2, -0.15) is 0 Å². The van der Waals surface area contributed by atoms with Gasteiger partial charge in [-0.05, 0) is 50.9 Å². The van der Waals surface area contributed by atoms with Crippen molar-refractivity contribution < 1.29 is 9.59 Å². The summed E-state index contributed by atoms with van der Waals surface area (Å²) < 4.78 is 0. The van der Waals surface area contributed by atoms with Crippen LogP contribution in [-0.4, -0.2) is 24.9 Å². The van der Waals surface area contributed by atoms with Crippen molar-refractivity contribution in [3.63, 3.8) is 0 Å². The predicted molar refractivity (Wildman–Crippen MR) is 82.0 cm³/mol. The Morgan fingerprint density at radius 2 is 1.95 bits per heavy atom. The fourth-order valence-electron chi connectivity index (χ4n) is 2.56. The molecule has 0 spiro atoms. The molecule has 3 N–H and O–H groups in total. The van der Waals surface area contributed by atoms with Crippen LogP contribution < -0.4 is 16.0 Å². The average Bonchev–Trinajstić information content (AvgIpc) is 3.21. The maximum Gasteiger partial charge on any atom is 0.231 e. The summed E-state index contributed by atoms with van der Waals surface area (Å²) in [5, 5.41) is 9.07. The van der Waals surface area contributed by atoms with Gasteiger partial charge in [0.1, 0.15) is 0 Å². The van der Waals surface area contributed by atoms with Crippen LogP contribution in [0.3, 0.4) is 0 Å². The van der Waals surface area contributed by atoms with Gasteiger partial charge < -0.3 is 16.0 Å². The lowest BCUT2D eigenvalue weighted by molar-refractivity contribution is -0.123. The lowest BCUT2D eigenvalue weighted by Crippen LogP contribution is -2.35. The van der Waals surface area contributed by atoms with Gasteiger partial charge in [0.15, 0.2) is 0 Å². The van der Waals surface area contributed by atoms with Crippen molar-refractivity contribution in [1.82, 2.24) is 5.32 Å². The van der Waals surface area contributed by atoms with Crippen LogP contribution in [-0.2, 0) is 9.59 Å². The fourth-order valence-corrected chi connectivity index (χ4v) is 2.56. The highest BCUT2D eigenvalue weighted by Gasteiger charge is 2.36. The van der Waals surface area contributed by atoms with Gasteiger partial charge in [-0.25, -0.2) is 0 Å². The minimum atomic E-state index is -0.354. The Bertz CT molecular complexity index is 560. The molecule has 2 fully saturated rings. The summed E-state index contributed by atoms with van der Waals surface area (Å²) in [6, 6.07) is 7.34. The minimum absolute atomic E-state index is 0.0261. The fraction of sp³-hybridized carbons (Fsp3) is 0.500. The van der Waals surface area contributed by atoms with E-state index in [1.54, 1.807) is 0 Å². The van der Waals surface area contributed by atoms with E-state index in [0.29, 0.717) is 6.54 Å². The number of carbonyl (C=O) groups is 2. The van der Waals surface area contributed by atoms with Gasteiger partial charge in [0, 0.05) is 23.8 Å². The Balaban J connectivity index is 1.65. The highest BCUT2D eigenvalue weighted by Crippen LogP contribution is 2.31. The molecule has 1 saturated heterocycles. The van der Waals surface area contributed by atoms with Crippen LogP contribution >= 0.6 is 0 Å². The molecular weight excluding hydrogens is 266 g/mol. The molecule has 5 heteroatoms. The monoisotopic (exact) mass is 287 g/mol. The summed E-state index contributed by atoms with van der Waals surface area (Å²) >= 11 is 0. The second kappa shape index (κ2) is 5.48. The third-order valence-corrected chi connectivity index (χ3v) is 4.25. The number of benzene rings is 1. The molecule has 112 valence electrons. The van der Waals surface area contributed by atoms with Crippen LogP contribution in [0.25, 0.3) is 0 Å². The van der Waals surface area contributed by atoms with Crippen molar-refractivity contribution in [2.24, 2.45) is 11.3 Å². The molecule has 1 heterocycles. The van der Waals surface area contributed by atoms with Crippen LogP contribution in [0.4, 0.5) is 11.4 Å². The molecule has 0 aromatic heterocycles. The molecule has 1 saturated carbocycles. The Labute approximate surface area is 124 Å². The number of nitrogens with one attached hydrogen (secondary N) is 3. The van der Waals surface area contributed by atoms with E-state index < -0.39 is 0 Å². The van der Waals surface area contributed by atoms with Crippen molar-refractivity contribution in [3.8, 4) is 0 Å². The SMILES string of the molecule is CC1(C(=O)Nc2cccc(NC(=O)C3CC3)c2)CCNC1. The largest absolute Gasteiger partial charge is 0.326 e. The number of hydrogen-bond donors (Lipinski definition) is 3. The molecule has 2 amide bonds. The van der Waals surface area contributed by atoms with Gasteiger partial charge in [-0.15, -0.1) is 0 Å². The van der Waals surface area contributed by atoms with Gasteiger partial charge in [0.2, 0.25) is 11.8 Å². The second-order valence-corrected chi connectivity index (χ2v) is 6.29. The molecular formula is C16H21N3O2. The lowest BCUT2D eigenvalue weighted by atomic mass is 9.89. The summed E-state index contributed by atoms with van der Waals surface area (Å²) in [6.45, 7) is 3.55. The first-order chi connectivity index (χ1) is 10.1. The standard InChI is InChI=1S/C16H21N3O2/c1-16(7-8-17-10-16)15(21)19-13-4-2-3-12(9-13)18-14(20)11-5-6-11/h2-4,9,11,17H,5-8,10H2,1H3,(H,18,20)(H,19,21). The number of carbonyl (C=O) groups excluding carboxylic acids is 2. The van der Waals surface area contributed by atoms with Crippen LogP contribution in [0, 0.1) is 11.3 Å². The van der Waals surface area contributed by atoms with E-state index in [-0.39, 0.29) is 23.1 Å². The molecule has 3 rings (SSSR count). The molecule has 0 bridgehead atoms. The molecule has 1 unspecified atom stereocenters. The van der Waals surface area contributed by atoms with Crippen LogP contribution in [0.2, 0.25) is 0 Å². The average molecular weight is 287 g/mol. The minimum Gasteiger partial charge on any atom is -0.326 e. The second-order valence-electron chi connectivity index (χ2n) is 6.29. The number of hydrogen-bond acceptors (Lipinski definition) is 3. The van der Waals surface area contributed by atoms with Crippen LogP contribution in [0.1, 0.15) is 26.2 Å². The van der Waals surface area contributed by atoms with Crippen molar-refractivity contribution in [1.29, 1.82) is 0 Å². The lowest BCUT2D eigenvalue weighted by Gasteiger charge is -2.21. The third-order valence-electron chi connectivity index (χ3n) is 4.25. The number of rotatable bonds is 4. The van der Waals surface area contributed by atoms with E-state index in [4.69, 9.17) is 0 Å². The van der Waals surface area contributed by atoms with Crippen LogP contribution in [0.5, 0.6) is 0 Å². The normalized spacial score (nSPS) is 24.6. The van der Waals surface area contributed by atoms with Crippen molar-refractivity contribution in [2.45, 2.75) is 26.2 Å². The van der Waals surface area contributed by atoms with Gasteiger partial charge in [0.25, 0.3) is 0 Å². The highest BCUT2D eigenvalue weighted by atomic mass is 16.2. The molecule has 1 aliphatic heterocycles. The van der Waals surface area contributed by atoms with E-state index in [0.717, 1.165) is 37.2 Å². The predicted octanol–water partition coefficient (Wildman–Crippen LogP) is 1.97. The zero-order valence-electron chi connectivity index (χ0n) is 12.2. The van der Waals surface area contributed by atoms with E-state index in [1.165, 1.54) is 0 Å². The Hall–Kier alpha value is -1.88. The van der Waals surface area contributed by atoms with Gasteiger partial charge in [0.05, 0.1) is 5.41 Å². The quantitative estimate of drug-likeness (QED) is 0.793. The first-order valence-corrected chi connectivity index (χ1v) is 7.50. The van der Waals surface area contributed by atoms with Crippen molar-refractivity contribution in [3.05, 3.63) is 24.3 Å². The van der Waals surface area contributed by atoms with E-state index in [2.05, 4.69) is 16.0 Å².